The van der Waals surface area contributed by atoms with Crippen LogP contribution >= 0.6 is 34.2 Å². The highest BCUT2D eigenvalue weighted by atomic mass is 127. The van der Waals surface area contributed by atoms with Gasteiger partial charge in [0.15, 0.2) is 6.10 Å². The molecule has 1 atom stereocenters. The molecule has 1 unspecified atom stereocenters. The summed E-state index contributed by atoms with van der Waals surface area (Å²) in [7, 11) is 1.32. The molecule has 1 aromatic rings. The minimum Gasteiger partial charge on any atom is -0.477 e. The number of rotatable bonds is 3. The van der Waals surface area contributed by atoms with Gasteiger partial charge < -0.3 is 9.47 Å². The summed E-state index contributed by atoms with van der Waals surface area (Å²) in [5.74, 6) is 0.0552. The molecule has 0 aliphatic rings. The molecule has 3 nitrogen and oxygen atoms in total. The third kappa shape index (κ3) is 3.53. The summed E-state index contributed by atoms with van der Waals surface area (Å²) >= 11 is 8.08. The molecule has 0 saturated carbocycles. The fraction of sp³-hybridized carbons (Fsp3) is 0.300. The predicted octanol–water partition coefficient (Wildman–Crippen LogP) is 2.88. The van der Waals surface area contributed by atoms with Crippen LogP contribution in [0.25, 0.3) is 0 Å². The van der Waals surface area contributed by atoms with Crippen LogP contribution < -0.4 is 4.74 Å². The van der Waals surface area contributed by atoms with Crippen molar-refractivity contribution in [2.24, 2.45) is 0 Å². The molecule has 0 aromatic heterocycles. The highest BCUT2D eigenvalue weighted by Gasteiger charge is 2.16. The first-order valence-corrected chi connectivity index (χ1v) is 5.70. The zero-order valence-corrected chi connectivity index (χ0v) is 11.2. The maximum Gasteiger partial charge on any atom is 0.346 e. The van der Waals surface area contributed by atoms with E-state index in [0.717, 1.165) is 3.57 Å². The number of carbonyl (C=O) groups is 1. The van der Waals surface area contributed by atoms with Gasteiger partial charge in [-0.2, -0.15) is 0 Å². The summed E-state index contributed by atoms with van der Waals surface area (Å²) in [6, 6.07) is 5.34. The molecule has 0 saturated heterocycles. The summed E-state index contributed by atoms with van der Waals surface area (Å²) in [6.45, 7) is 1.61. The second kappa shape index (κ2) is 5.55. The third-order valence-corrected chi connectivity index (χ3v) is 2.70. The average molecular weight is 341 g/mol. The second-order valence-corrected chi connectivity index (χ2v) is 4.51. The van der Waals surface area contributed by atoms with Crippen LogP contribution in [0.2, 0.25) is 5.02 Å². The number of ether oxygens (including phenoxy) is 2. The molecule has 15 heavy (non-hydrogen) atoms. The first-order chi connectivity index (χ1) is 7.04. The van der Waals surface area contributed by atoms with Crippen LogP contribution in [-0.4, -0.2) is 19.2 Å². The number of benzene rings is 1. The maximum atomic E-state index is 11.1. The van der Waals surface area contributed by atoms with E-state index in [9.17, 15) is 4.79 Å². The molecule has 1 rings (SSSR count). The maximum absolute atomic E-state index is 11.1. The summed E-state index contributed by atoms with van der Waals surface area (Å²) in [4.78, 5) is 11.1. The van der Waals surface area contributed by atoms with E-state index in [0.29, 0.717) is 10.8 Å². The largest absolute Gasteiger partial charge is 0.477 e. The van der Waals surface area contributed by atoms with Crippen molar-refractivity contribution in [2.75, 3.05) is 7.11 Å². The van der Waals surface area contributed by atoms with Crippen molar-refractivity contribution < 1.29 is 14.3 Å². The van der Waals surface area contributed by atoms with Gasteiger partial charge in [0, 0.05) is 3.57 Å². The van der Waals surface area contributed by atoms with E-state index in [1.807, 2.05) is 6.07 Å². The van der Waals surface area contributed by atoms with E-state index in [4.69, 9.17) is 16.3 Å². The second-order valence-electron chi connectivity index (χ2n) is 2.86. The molecule has 5 heteroatoms. The van der Waals surface area contributed by atoms with Gasteiger partial charge in [-0.15, -0.1) is 0 Å². The lowest BCUT2D eigenvalue weighted by atomic mass is 10.3. The molecule has 0 heterocycles. The molecule has 0 aliphatic heterocycles. The Morgan fingerprint density at radius 1 is 1.53 bits per heavy atom. The van der Waals surface area contributed by atoms with Crippen molar-refractivity contribution in [1.29, 1.82) is 0 Å². The molecule has 82 valence electrons. The van der Waals surface area contributed by atoms with Crippen molar-refractivity contribution >= 4 is 40.2 Å². The first kappa shape index (κ1) is 12.6. The molecule has 0 radical (unpaired) electrons. The SMILES string of the molecule is COC(=O)C(C)Oc1ccc(I)cc1Cl. The van der Waals surface area contributed by atoms with E-state index < -0.39 is 12.1 Å². The van der Waals surface area contributed by atoms with Crippen molar-refractivity contribution in [1.82, 2.24) is 0 Å². The zero-order chi connectivity index (χ0) is 11.4. The fourth-order valence-electron chi connectivity index (χ4n) is 0.975. The van der Waals surface area contributed by atoms with Gasteiger partial charge in [0.2, 0.25) is 0 Å². The Bertz CT molecular complexity index is 368. The monoisotopic (exact) mass is 340 g/mol. The highest BCUT2D eigenvalue weighted by Crippen LogP contribution is 2.27. The fourth-order valence-corrected chi connectivity index (χ4v) is 1.88. The van der Waals surface area contributed by atoms with Crippen LogP contribution in [0.1, 0.15) is 6.92 Å². The Labute approximate surface area is 107 Å². The summed E-state index contributed by atoms with van der Waals surface area (Å²) in [5, 5.41) is 0.484. The average Bonchev–Trinajstić information content (AvgIpc) is 2.20. The van der Waals surface area contributed by atoms with Gasteiger partial charge in [-0.3, -0.25) is 0 Å². The Morgan fingerprint density at radius 2 is 2.20 bits per heavy atom. The van der Waals surface area contributed by atoms with Gasteiger partial charge in [0.25, 0.3) is 0 Å². The molecular formula is C10H10ClIO3. The number of hydrogen-bond donors (Lipinski definition) is 0. The van der Waals surface area contributed by atoms with Gasteiger partial charge in [0.1, 0.15) is 5.75 Å². The highest BCUT2D eigenvalue weighted by molar-refractivity contribution is 14.1. The van der Waals surface area contributed by atoms with Crippen LogP contribution in [0.4, 0.5) is 0 Å². The van der Waals surface area contributed by atoms with Gasteiger partial charge in [-0.25, -0.2) is 4.79 Å². The lowest BCUT2D eigenvalue weighted by Gasteiger charge is -2.13. The van der Waals surface area contributed by atoms with Crippen LogP contribution in [0.15, 0.2) is 18.2 Å². The number of hydrogen-bond acceptors (Lipinski definition) is 3. The summed E-state index contributed by atoms with van der Waals surface area (Å²) in [6.07, 6.45) is -0.660. The number of esters is 1. The normalized spacial score (nSPS) is 12.0. The van der Waals surface area contributed by atoms with Crippen molar-refractivity contribution in [2.45, 2.75) is 13.0 Å². The van der Waals surface area contributed by atoms with Crippen LogP contribution in [0, 0.1) is 3.57 Å². The van der Waals surface area contributed by atoms with Crippen LogP contribution in [-0.2, 0) is 9.53 Å². The lowest BCUT2D eigenvalue weighted by molar-refractivity contribution is -0.147. The topological polar surface area (TPSA) is 35.5 Å². The molecule has 0 spiro atoms. The van der Waals surface area contributed by atoms with Gasteiger partial charge in [-0.1, -0.05) is 11.6 Å². The third-order valence-electron chi connectivity index (χ3n) is 1.73. The van der Waals surface area contributed by atoms with E-state index in [1.165, 1.54) is 7.11 Å². The lowest BCUT2D eigenvalue weighted by Crippen LogP contribution is -2.25. The number of methoxy groups -OCH3 is 1. The minimum atomic E-state index is -0.660. The molecule has 0 fully saturated rings. The Morgan fingerprint density at radius 3 is 2.73 bits per heavy atom. The van der Waals surface area contributed by atoms with Crippen LogP contribution in [0.3, 0.4) is 0 Å². The standard InChI is InChI=1S/C10H10ClIO3/c1-6(10(13)14-2)15-9-4-3-7(12)5-8(9)11/h3-6H,1-2H3. The summed E-state index contributed by atoms with van der Waals surface area (Å²) in [5.41, 5.74) is 0. The Hall–Kier alpha value is -0.490. The zero-order valence-electron chi connectivity index (χ0n) is 8.29. The quantitative estimate of drug-likeness (QED) is 0.627. The molecule has 1 aromatic carbocycles. The Balaban J connectivity index is 2.76. The van der Waals surface area contributed by atoms with E-state index in [-0.39, 0.29) is 0 Å². The van der Waals surface area contributed by atoms with Crippen molar-refractivity contribution in [3.8, 4) is 5.75 Å². The summed E-state index contributed by atoms with van der Waals surface area (Å²) < 4.78 is 10.9. The molecule has 0 bridgehead atoms. The molecule has 0 N–H and O–H groups in total. The van der Waals surface area contributed by atoms with Gasteiger partial charge in [-0.05, 0) is 47.7 Å². The number of halogens is 2. The van der Waals surface area contributed by atoms with E-state index >= 15 is 0 Å². The van der Waals surface area contributed by atoms with Gasteiger partial charge >= 0.3 is 5.97 Å². The smallest absolute Gasteiger partial charge is 0.346 e. The number of carbonyl (C=O) groups excluding carboxylic acids is 1. The van der Waals surface area contributed by atoms with Crippen LogP contribution in [0.5, 0.6) is 5.75 Å². The van der Waals surface area contributed by atoms with Crippen molar-refractivity contribution in [3.05, 3.63) is 26.8 Å². The molecule has 0 aliphatic carbocycles. The predicted molar refractivity (Wildman–Crippen MR) is 66.3 cm³/mol. The first-order valence-electron chi connectivity index (χ1n) is 4.24. The van der Waals surface area contributed by atoms with E-state index in [2.05, 4.69) is 27.3 Å². The molecular weight excluding hydrogens is 330 g/mol. The Kier molecular flexibility index (Phi) is 4.66. The van der Waals surface area contributed by atoms with Gasteiger partial charge in [0.05, 0.1) is 12.1 Å². The van der Waals surface area contributed by atoms with Crippen molar-refractivity contribution in [3.63, 3.8) is 0 Å². The minimum absolute atomic E-state index is 0.426. The molecule has 0 amide bonds. The van der Waals surface area contributed by atoms with E-state index in [1.54, 1.807) is 19.1 Å².